The van der Waals surface area contributed by atoms with Crippen LogP contribution in [0.3, 0.4) is 0 Å². The largest absolute Gasteiger partial charge is 0.477 e. The standard InChI is InChI=1S/C12H14N2O5S2/c1-21(18,19)10-7-20-5-4-14(10)11(15)8-2-3-13-9(6-8)12(16)17/h2-3,6,10H,4-5,7H2,1H3,(H,16,17). The number of carboxylic acid groups (broad SMARTS) is 1. The first kappa shape index (κ1) is 15.8. The van der Waals surface area contributed by atoms with E-state index in [1.165, 1.54) is 28.9 Å². The summed E-state index contributed by atoms with van der Waals surface area (Å²) in [4.78, 5) is 28.3. The Morgan fingerprint density at radius 1 is 1.48 bits per heavy atom. The predicted molar refractivity (Wildman–Crippen MR) is 78.2 cm³/mol. The molecular formula is C12H14N2O5S2. The summed E-state index contributed by atoms with van der Waals surface area (Å²) in [7, 11) is -3.40. The minimum Gasteiger partial charge on any atom is -0.477 e. The van der Waals surface area contributed by atoms with Crippen molar-refractivity contribution in [1.82, 2.24) is 9.88 Å². The van der Waals surface area contributed by atoms with Gasteiger partial charge in [-0.15, -0.1) is 0 Å². The van der Waals surface area contributed by atoms with Gasteiger partial charge >= 0.3 is 5.97 Å². The van der Waals surface area contributed by atoms with Gasteiger partial charge in [0, 0.05) is 36.1 Å². The summed E-state index contributed by atoms with van der Waals surface area (Å²) in [6.45, 7) is 0.311. The number of thioether (sulfide) groups is 1. The van der Waals surface area contributed by atoms with E-state index in [0.717, 1.165) is 12.3 Å². The molecular weight excluding hydrogens is 316 g/mol. The molecule has 1 aromatic heterocycles. The number of pyridine rings is 1. The summed E-state index contributed by atoms with van der Waals surface area (Å²) in [5, 5.41) is 8.01. The third-order valence-electron chi connectivity index (χ3n) is 3.07. The van der Waals surface area contributed by atoms with Crippen LogP contribution in [-0.4, -0.2) is 65.0 Å². The van der Waals surface area contributed by atoms with Gasteiger partial charge in [0.15, 0.2) is 9.84 Å². The van der Waals surface area contributed by atoms with Gasteiger partial charge in [-0.2, -0.15) is 11.8 Å². The first-order chi connectivity index (χ1) is 9.80. The van der Waals surface area contributed by atoms with Gasteiger partial charge in [-0.25, -0.2) is 18.2 Å². The van der Waals surface area contributed by atoms with E-state index < -0.39 is 27.1 Å². The number of aromatic carboxylic acids is 1. The fraction of sp³-hybridized carbons (Fsp3) is 0.417. The molecule has 2 heterocycles. The molecule has 1 atom stereocenters. The lowest BCUT2D eigenvalue weighted by molar-refractivity contribution is 0.0690. The molecule has 1 saturated heterocycles. The quantitative estimate of drug-likeness (QED) is 0.852. The highest BCUT2D eigenvalue weighted by Crippen LogP contribution is 2.22. The average molecular weight is 330 g/mol. The maximum Gasteiger partial charge on any atom is 0.354 e. The highest BCUT2D eigenvalue weighted by atomic mass is 32.2. The SMILES string of the molecule is CS(=O)(=O)C1CSCCN1C(=O)c1ccnc(C(=O)O)c1. The molecule has 0 spiro atoms. The maximum absolute atomic E-state index is 12.5. The molecule has 0 radical (unpaired) electrons. The van der Waals surface area contributed by atoms with Gasteiger partial charge in [0.1, 0.15) is 11.1 Å². The van der Waals surface area contributed by atoms with E-state index in [9.17, 15) is 18.0 Å². The minimum absolute atomic E-state index is 0.128. The lowest BCUT2D eigenvalue weighted by atomic mass is 10.2. The number of carbonyl (C=O) groups is 2. The molecule has 1 fully saturated rings. The van der Waals surface area contributed by atoms with E-state index in [1.54, 1.807) is 0 Å². The van der Waals surface area contributed by atoms with E-state index >= 15 is 0 Å². The molecule has 0 bridgehead atoms. The molecule has 114 valence electrons. The lowest BCUT2D eigenvalue weighted by Gasteiger charge is -2.34. The molecule has 0 aliphatic carbocycles. The highest BCUT2D eigenvalue weighted by molar-refractivity contribution is 8.00. The summed E-state index contributed by atoms with van der Waals surface area (Å²) < 4.78 is 23.6. The van der Waals surface area contributed by atoms with Crippen LogP contribution in [0.2, 0.25) is 0 Å². The lowest BCUT2D eigenvalue weighted by Crippen LogP contribution is -2.49. The van der Waals surface area contributed by atoms with Crippen LogP contribution in [0.1, 0.15) is 20.8 Å². The number of aromatic nitrogens is 1. The second kappa shape index (κ2) is 6.02. The van der Waals surface area contributed by atoms with Gasteiger partial charge in [-0.05, 0) is 12.1 Å². The molecule has 0 aromatic carbocycles. The highest BCUT2D eigenvalue weighted by Gasteiger charge is 2.34. The summed E-state index contributed by atoms with van der Waals surface area (Å²) in [6, 6.07) is 2.54. The number of carboxylic acids is 1. The topological polar surface area (TPSA) is 105 Å². The van der Waals surface area contributed by atoms with Gasteiger partial charge in [0.2, 0.25) is 0 Å². The molecule has 9 heteroatoms. The first-order valence-electron chi connectivity index (χ1n) is 6.07. The molecule has 1 aromatic rings. The number of sulfone groups is 1. The Bertz CT molecular complexity index is 674. The van der Waals surface area contributed by atoms with Gasteiger partial charge in [0.05, 0.1) is 0 Å². The van der Waals surface area contributed by atoms with Crippen molar-refractivity contribution in [2.45, 2.75) is 5.37 Å². The van der Waals surface area contributed by atoms with Crippen molar-refractivity contribution in [2.24, 2.45) is 0 Å². The van der Waals surface area contributed by atoms with E-state index in [4.69, 9.17) is 5.11 Å². The Labute approximate surface area is 126 Å². The number of carbonyl (C=O) groups excluding carboxylic acids is 1. The van der Waals surface area contributed by atoms with Crippen LogP contribution in [0.4, 0.5) is 0 Å². The number of rotatable bonds is 3. The van der Waals surface area contributed by atoms with Crippen LogP contribution in [0.15, 0.2) is 18.3 Å². The van der Waals surface area contributed by atoms with E-state index in [0.29, 0.717) is 18.1 Å². The third-order valence-corrected chi connectivity index (χ3v) is 5.71. The van der Waals surface area contributed by atoms with Crippen LogP contribution >= 0.6 is 11.8 Å². The van der Waals surface area contributed by atoms with Crippen molar-refractivity contribution >= 4 is 33.5 Å². The zero-order valence-electron chi connectivity index (χ0n) is 11.2. The number of hydrogen-bond donors (Lipinski definition) is 1. The first-order valence-corrected chi connectivity index (χ1v) is 9.18. The van der Waals surface area contributed by atoms with Crippen molar-refractivity contribution in [3.05, 3.63) is 29.6 Å². The molecule has 21 heavy (non-hydrogen) atoms. The zero-order chi connectivity index (χ0) is 15.6. The number of nitrogens with zero attached hydrogens (tertiary/aromatic N) is 2. The molecule has 1 amide bonds. The zero-order valence-corrected chi connectivity index (χ0v) is 12.9. The molecule has 1 N–H and O–H groups in total. The molecule has 1 unspecified atom stereocenters. The minimum atomic E-state index is -3.40. The van der Waals surface area contributed by atoms with E-state index in [1.807, 2.05) is 0 Å². The summed E-state index contributed by atoms with van der Waals surface area (Å²) in [5.41, 5.74) is -0.119. The van der Waals surface area contributed by atoms with Crippen LogP contribution in [-0.2, 0) is 9.84 Å². The summed E-state index contributed by atoms with van der Waals surface area (Å²) in [6.07, 6.45) is 2.32. The Morgan fingerprint density at radius 3 is 2.81 bits per heavy atom. The van der Waals surface area contributed by atoms with E-state index in [-0.39, 0.29) is 11.3 Å². The smallest absolute Gasteiger partial charge is 0.354 e. The number of amides is 1. The van der Waals surface area contributed by atoms with Crippen molar-refractivity contribution in [3.63, 3.8) is 0 Å². The Balaban J connectivity index is 2.33. The van der Waals surface area contributed by atoms with Crippen molar-refractivity contribution < 1.29 is 23.1 Å². The predicted octanol–water partition coefficient (Wildman–Crippen LogP) is 0.340. The molecule has 1 aliphatic heterocycles. The molecule has 7 nitrogen and oxygen atoms in total. The van der Waals surface area contributed by atoms with E-state index in [2.05, 4.69) is 4.98 Å². The van der Waals surface area contributed by atoms with Gasteiger partial charge in [-0.1, -0.05) is 0 Å². The average Bonchev–Trinajstić information content (AvgIpc) is 2.45. The third kappa shape index (κ3) is 3.53. The van der Waals surface area contributed by atoms with Crippen LogP contribution in [0.5, 0.6) is 0 Å². The summed E-state index contributed by atoms with van der Waals surface area (Å²) in [5.74, 6) is -0.759. The van der Waals surface area contributed by atoms with Crippen molar-refractivity contribution in [2.75, 3.05) is 24.3 Å². The second-order valence-corrected chi connectivity index (χ2v) is 7.95. The number of hydrogen-bond acceptors (Lipinski definition) is 6. The van der Waals surface area contributed by atoms with Gasteiger partial charge < -0.3 is 10.0 Å². The second-order valence-electron chi connectivity index (χ2n) is 4.59. The molecule has 2 rings (SSSR count). The Morgan fingerprint density at radius 2 is 2.19 bits per heavy atom. The van der Waals surface area contributed by atoms with Gasteiger partial charge in [-0.3, -0.25) is 4.79 Å². The normalized spacial score (nSPS) is 19.3. The molecule has 1 aliphatic rings. The monoisotopic (exact) mass is 330 g/mol. The van der Waals surface area contributed by atoms with Crippen LogP contribution in [0, 0.1) is 0 Å². The van der Waals surface area contributed by atoms with Crippen LogP contribution in [0.25, 0.3) is 0 Å². The fourth-order valence-corrected chi connectivity index (χ4v) is 4.83. The van der Waals surface area contributed by atoms with Crippen molar-refractivity contribution in [1.29, 1.82) is 0 Å². The van der Waals surface area contributed by atoms with Crippen LogP contribution < -0.4 is 0 Å². The van der Waals surface area contributed by atoms with Crippen molar-refractivity contribution in [3.8, 4) is 0 Å². The Hall–Kier alpha value is -1.61. The molecule has 0 saturated carbocycles. The van der Waals surface area contributed by atoms with Gasteiger partial charge in [0.25, 0.3) is 5.91 Å². The Kier molecular flexibility index (Phi) is 4.52. The summed E-state index contributed by atoms with van der Waals surface area (Å²) >= 11 is 1.47. The maximum atomic E-state index is 12.5. The fourth-order valence-electron chi connectivity index (χ4n) is 2.01.